The number of nitrogens with one attached hydrogen (secondary N) is 1. The Morgan fingerprint density at radius 3 is 2.78 bits per heavy atom. The highest BCUT2D eigenvalue weighted by molar-refractivity contribution is 5.77. The summed E-state index contributed by atoms with van der Waals surface area (Å²) in [5, 5.41) is 3.12. The number of imidazole rings is 1. The molecule has 1 aromatic carbocycles. The van der Waals surface area contributed by atoms with Gasteiger partial charge >= 0.3 is 0 Å². The molecule has 0 aliphatic heterocycles. The molecule has 0 saturated heterocycles. The average molecular weight is 371 g/mol. The monoisotopic (exact) mass is 370 g/mol. The summed E-state index contributed by atoms with van der Waals surface area (Å²) < 4.78 is 2.33. The molecule has 0 radical (unpaired) electrons. The van der Waals surface area contributed by atoms with Crippen molar-refractivity contribution in [3.8, 4) is 0 Å². The number of carbonyl (C=O) groups is 1. The fraction of sp³-hybridized carbons (Fsp3) is 0.636. The van der Waals surface area contributed by atoms with E-state index in [0.717, 1.165) is 37.3 Å². The van der Waals surface area contributed by atoms with Crippen molar-refractivity contribution < 1.29 is 4.79 Å². The molecule has 1 fully saturated rings. The third-order valence-corrected chi connectivity index (χ3v) is 5.59. The zero-order valence-corrected chi connectivity index (χ0v) is 16.9. The van der Waals surface area contributed by atoms with E-state index in [2.05, 4.69) is 47.1 Å². The van der Waals surface area contributed by atoms with E-state index in [4.69, 9.17) is 4.98 Å². The molecule has 5 nitrogen and oxygen atoms in total. The Morgan fingerprint density at radius 2 is 2.00 bits per heavy atom. The number of aromatic nitrogens is 2. The smallest absolute Gasteiger partial charge is 0.220 e. The number of hydrogen-bond acceptors (Lipinski definition) is 3. The fourth-order valence-corrected chi connectivity index (χ4v) is 4.15. The summed E-state index contributed by atoms with van der Waals surface area (Å²) in [6, 6.07) is 8.32. The topological polar surface area (TPSA) is 50.2 Å². The first kappa shape index (κ1) is 19.9. The molecule has 1 aliphatic rings. The second-order valence-corrected chi connectivity index (χ2v) is 8.13. The summed E-state index contributed by atoms with van der Waals surface area (Å²) in [6.45, 7) is 2.69. The lowest BCUT2D eigenvalue weighted by Gasteiger charge is -2.20. The zero-order chi connectivity index (χ0) is 19.1. The van der Waals surface area contributed by atoms with E-state index in [-0.39, 0.29) is 5.91 Å². The normalized spacial score (nSPS) is 15.5. The molecule has 1 aromatic heterocycles. The number of fused-ring (bicyclic) bond motifs is 1. The quantitative estimate of drug-likeness (QED) is 0.733. The van der Waals surface area contributed by atoms with Crippen LogP contribution in [-0.2, 0) is 17.8 Å². The van der Waals surface area contributed by atoms with Gasteiger partial charge in [0.15, 0.2) is 0 Å². The van der Waals surface area contributed by atoms with Gasteiger partial charge in [-0.25, -0.2) is 4.98 Å². The molecule has 0 atom stereocenters. The number of nitrogens with zero attached hydrogens (tertiary/aromatic N) is 3. The van der Waals surface area contributed by atoms with Crippen molar-refractivity contribution in [1.29, 1.82) is 0 Å². The van der Waals surface area contributed by atoms with Crippen molar-refractivity contribution in [3.05, 3.63) is 30.1 Å². The van der Waals surface area contributed by atoms with Gasteiger partial charge < -0.3 is 14.8 Å². The molecule has 3 rings (SSSR count). The van der Waals surface area contributed by atoms with E-state index in [1.807, 2.05) is 6.07 Å². The number of benzene rings is 1. The van der Waals surface area contributed by atoms with Crippen molar-refractivity contribution in [2.24, 2.45) is 5.92 Å². The van der Waals surface area contributed by atoms with Crippen LogP contribution in [0.15, 0.2) is 24.3 Å². The highest BCUT2D eigenvalue weighted by atomic mass is 16.1. The van der Waals surface area contributed by atoms with Gasteiger partial charge in [-0.15, -0.1) is 0 Å². The van der Waals surface area contributed by atoms with Crippen LogP contribution in [0.1, 0.15) is 50.8 Å². The number of aryl methyl sites for hydroxylation is 1. The summed E-state index contributed by atoms with van der Waals surface area (Å²) in [7, 11) is 4.21. The van der Waals surface area contributed by atoms with E-state index in [1.54, 1.807) is 0 Å². The molecule has 0 spiro atoms. The Kier molecular flexibility index (Phi) is 7.27. The van der Waals surface area contributed by atoms with Gasteiger partial charge in [0.25, 0.3) is 0 Å². The lowest BCUT2D eigenvalue weighted by molar-refractivity contribution is -0.122. The molecule has 0 unspecified atom stereocenters. The predicted octanol–water partition coefficient (Wildman–Crippen LogP) is 3.62. The Balaban J connectivity index is 1.56. The van der Waals surface area contributed by atoms with Crippen LogP contribution < -0.4 is 5.32 Å². The lowest BCUT2D eigenvalue weighted by Crippen LogP contribution is -2.28. The molecular formula is C22H34N4O. The predicted molar refractivity (Wildman–Crippen MR) is 111 cm³/mol. The van der Waals surface area contributed by atoms with Crippen LogP contribution in [0, 0.1) is 5.92 Å². The Morgan fingerprint density at radius 1 is 1.22 bits per heavy atom. The van der Waals surface area contributed by atoms with E-state index in [9.17, 15) is 4.79 Å². The summed E-state index contributed by atoms with van der Waals surface area (Å²) in [4.78, 5) is 19.3. The molecule has 0 bridgehead atoms. The number of amides is 1. The molecule has 1 N–H and O–H groups in total. The number of carbonyl (C=O) groups excluding carboxylic acids is 1. The van der Waals surface area contributed by atoms with E-state index in [1.165, 1.54) is 37.6 Å². The van der Waals surface area contributed by atoms with Crippen molar-refractivity contribution in [2.45, 2.75) is 57.9 Å². The minimum atomic E-state index is 0.206. The molecule has 148 valence electrons. The maximum absolute atomic E-state index is 12.3. The van der Waals surface area contributed by atoms with Crippen LogP contribution in [0.3, 0.4) is 0 Å². The van der Waals surface area contributed by atoms with Crippen LogP contribution in [0.2, 0.25) is 0 Å². The van der Waals surface area contributed by atoms with Crippen LogP contribution in [0.25, 0.3) is 11.0 Å². The van der Waals surface area contributed by atoms with Crippen molar-refractivity contribution in [2.75, 3.05) is 27.2 Å². The van der Waals surface area contributed by atoms with Crippen molar-refractivity contribution in [3.63, 3.8) is 0 Å². The van der Waals surface area contributed by atoms with Gasteiger partial charge in [-0.3, -0.25) is 4.79 Å². The highest BCUT2D eigenvalue weighted by Gasteiger charge is 2.17. The second-order valence-electron chi connectivity index (χ2n) is 8.13. The number of rotatable bonds is 9. The summed E-state index contributed by atoms with van der Waals surface area (Å²) in [6.07, 6.45) is 8.91. The lowest BCUT2D eigenvalue weighted by atomic mass is 9.87. The molecular weight excluding hydrogens is 336 g/mol. The molecule has 27 heavy (non-hydrogen) atoms. The number of hydrogen-bond donors (Lipinski definition) is 1. The minimum absolute atomic E-state index is 0.206. The molecule has 1 heterocycles. The third-order valence-electron chi connectivity index (χ3n) is 5.59. The third kappa shape index (κ3) is 5.80. The average Bonchev–Trinajstić information content (AvgIpc) is 3.00. The summed E-state index contributed by atoms with van der Waals surface area (Å²) in [5.74, 6) is 1.87. The molecule has 1 saturated carbocycles. The van der Waals surface area contributed by atoms with Crippen LogP contribution >= 0.6 is 0 Å². The fourth-order valence-electron chi connectivity index (χ4n) is 4.15. The summed E-state index contributed by atoms with van der Waals surface area (Å²) >= 11 is 0. The molecule has 1 aliphatic carbocycles. The standard InChI is InChI=1S/C22H34N4O/c1-25(2)15-8-16-26-20-12-7-6-11-19(20)24-21(26)13-14-23-22(27)17-18-9-4-3-5-10-18/h6-7,11-12,18H,3-5,8-10,13-17H2,1-2H3,(H,23,27). The minimum Gasteiger partial charge on any atom is -0.356 e. The van der Waals surface area contributed by atoms with Gasteiger partial charge in [0.05, 0.1) is 11.0 Å². The maximum Gasteiger partial charge on any atom is 0.220 e. The van der Waals surface area contributed by atoms with Crippen LogP contribution in [0.4, 0.5) is 0 Å². The Hall–Kier alpha value is -1.88. The Bertz CT molecular complexity index is 731. The van der Waals surface area contributed by atoms with Crippen molar-refractivity contribution in [1.82, 2.24) is 19.8 Å². The SMILES string of the molecule is CN(C)CCCn1c(CCNC(=O)CC2CCCCC2)nc2ccccc21. The zero-order valence-electron chi connectivity index (χ0n) is 16.9. The van der Waals surface area contributed by atoms with E-state index >= 15 is 0 Å². The van der Waals surface area contributed by atoms with Gasteiger partial charge in [-0.1, -0.05) is 31.4 Å². The first-order chi connectivity index (χ1) is 13.1. The summed E-state index contributed by atoms with van der Waals surface area (Å²) in [5.41, 5.74) is 2.24. The number of para-hydroxylation sites is 2. The van der Waals surface area contributed by atoms with Crippen LogP contribution in [0.5, 0.6) is 0 Å². The van der Waals surface area contributed by atoms with Crippen molar-refractivity contribution >= 4 is 16.9 Å². The van der Waals surface area contributed by atoms with Gasteiger partial charge in [-0.05, 0) is 58.0 Å². The first-order valence-electron chi connectivity index (χ1n) is 10.5. The van der Waals surface area contributed by atoms with Gasteiger partial charge in [-0.2, -0.15) is 0 Å². The first-order valence-corrected chi connectivity index (χ1v) is 10.5. The van der Waals surface area contributed by atoms with Gasteiger partial charge in [0.2, 0.25) is 5.91 Å². The largest absolute Gasteiger partial charge is 0.356 e. The van der Waals surface area contributed by atoms with E-state index < -0.39 is 0 Å². The Labute approximate surface area is 163 Å². The highest BCUT2D eigenvalue weighted by Crippen LogP contribution is 2.26. The molecule has 2 aromatic rings. The molecule has 1 amide bonds. The maximum atomic E-state index is 12.3. The van der Waals surface area contributed by atoms with Gasteiger partial charge in [0, 0.05) is 25.9 Å². The van der Waals surface area contributed by atoms with E-state index in [0.29, 0.717) is 18.9 Å². The van der Waals surface area contributed by atoms with Gasteiger partial charge in [0.1, 0.15) is 5.82 Å². The van der Waals surface area contributed by atoms with Crippen LogP contribution in [-0.4, -0.2) is 47.5 Å². The molecule has 5 heteroatoms. The second kappa shape index (κ2) is 9.88.